The van der Waals surface area contributed by atoms with Gasteiger partial charge < -0.3 is 5.32 Å². The molecule has 0 spiro atoms. The summed E-state index contributed by atoms with van der Waals surface area (Å²) in [6.07, 6.45) is 3.65. The van der Waals surface area contributed by atoms with Crippen molar-refractivity contribution in [2.45, 2.75) is 25.9 Å². The number of thioether (sulfide) groups is 1. The topological polar surface area (TPSA) is 54.9 Å². The summed E-state index contributed by atoms with van der Waals surface area (Å²) in [5.74, 6) is 1.41. The molecule has 0 saturated carbocycles. The normalized spacial score (nSPS) is 15.4. The maximum Gasteiger partial charge on any atom is 0.257 e. The summed E-state index contributed by atoms with van der Waals surface area (Å²) in [6.45, 7) is 6.21. The first-order valence-corrected chi connectivity index (χ1v) is 8.49. The van der Waals surface area contributed by atoms with Crippen LogP contribution in [0.4, 0.5) is 5.82 Å². The minimum absolute atomic E-state index is 0.110. The van der Waals surface area contributed by atoms with E-state index in [2.05, 4.69) is 35.2 Å². The van der Waals surface area contributed by atoms with Crippen molar-refractivity contribution in [3.05, 3.63) is 33.1 Å². The van der Waals surface area contributed by atoms with Crippen molar-refractivity contribution in [1.82, 2.24) is 9.97 Å². The molecule has 0 fully saturated rings. The van der Waals surface area contributed by atoms with E-state index in [0.29, 0.717) is 16.5 Å². The number of anilines is 1. The Balaban J connectivity index is 2.00. The van der Waals surface area contributed by atoms with Crippen molar-refractivity contribution in [2.24, 2.45) is 0 Å². The fourth-order valence-corrected chi connectivity index (χ4v) is 3.64. The average molecular weight is 317 g/mol. The van der Waals surface area contributed by atoms with Crippen LogP contribution in [-0.4, -0.2) is 21.6 Å². The zero-order valence-corrected chi connectivity index (χ0v) is 13.7. The molecule has 108 valence electrons. The molecule has 4 nitrogen and oxygen atoms in total. The molecule has 3 rings (SSSR count). The van der Waals surface area contributed by atoms with Gasteiger partial charge in [0, 0.05) is 21.5 Å². The van der Waals surface area contributed by atoms with E-state index in [9.17, 15) is 4.79 Å². The Bertz CT molecular complexity index is 730. The number of fused-ring (bicyclic) bond motifs is 1. The lowest BCUT2D eigenvalue weighted by Gasteiger charge is -2.00. The Morgan fingerprint density at radius 1 is 1.43 bits per heavy atom. The van der Waals surface area contributed by atoms with E-state index in [1.165, 1.54) is 10.4 Å². The van der Waals surface area contributed by atoms with Gasteiger partial charge in [0.1, 0.15) is 5.82 Å². The number of aryl methyl sites for hydroxylation is 2. The molecule has 0 atom stereocenters. The van der Waals surface area contributed by atoms with Gasteiger partial charge in [-0.1, -0.05) is 18.7 Å². The third-order valence-electron chi connectivity index (χ3n) is 3.28. The Morgan fingerprint density at radius 3 is 2.90 bits per heavy atom. The van der Waals surface area contributed by atoms with Crippen molar-refractivity contribution >= 4 is 46.5 Å². The highest BCUT2D eigenvalue weighted by Crippen LogP contribution is 2.34. The second-order valence-electron chi connectivity index (χ2n) is 4.75. The molecule has 2 aromatic heterocycles. The second kappa shape index (κ2) is 5.61. The van der Waals surface area contributed by atoms with Crippen LogP contribution in [0.1, 0.15) is 27.8 Å². The molecule has 0 bridgehead atoms. The first-order chi connectivity index (χ1) is 10.1. The summed E-state index contributed by atoms with van der Waals surface area (Å²) < 4.78 is 0. The number of rotatable bonds is 3. The molecule has 2 aromatic rings. The number of thiophene rings is 1. The molecule has 0 aliphatic carbocycles. The van der Waals surface area contributed by atoms with Crippen LogP contribution in [0.3, 0.4) is 0 Å². The fourth-order valence-electron chi connectivity index (χ4n) is 2.11. The quantitative estimate of drug-likeness (QED) is 0.532. The van der Waals surface area contributed by atoms with E-state index in [4.69, 9.17) is 0 Å². The number of hydrogen-bond donors (Lipinski definition) is 1. The molecule has 0 saturated heterocycles. The van der Waals surface area contributed by atoms with Gasteiger partial charge in [-0.2, -0.15) is 0 Å². The van der Waals surface area contributed by atoms with Crippen LogP contribution in [-0.2, 0) is 4.79 Å². The lowest BCUT2D eigenvalue weighted by molar-refractivity contribution is -0.110. The predicted octanol–water partition coefficient (Wildman–Crippen LogP) is 3.76. The Morgan fingerprint density at radius 2 is 2.24 bits per heavy atom. The molecular formula is C15H15N3OS2. The van der Waals surface area contributed by atoms with Gasteiger partial charge in [-0.05, 0) is 37.3 Å². The number of aromatic nitrogens is 2. The van der Waals surface area contributed by atoms with Gasteiger partial charge in [0.15, 0.2) is 5.16 Å². The van der Waals surface area contributed by atoms with Crippen LogP contribution in [0.2, 0.25) is 0 Å². The highest BCUT2D eigenvalue weighted by molar-refractivity contribution is 7.99. The summed E-state index contributed by atoms with van der Waals surface area (Å²) in [4.78, 5) is 23.2. The molecule has 1 N–H and O–H groups in total. The lowest BCUT2D eigenvalue weighted by Crippen LogP contribution is -2.04. The Kier molecular flexibility index (Phi) is 3.82. The maximum atomic E-state index is 12.1. The monoisotopic (exact) mass is 317 g/mol. The van der Waals surface area contributed by atoms with Gasteiger partial charge in [-0.3, -0.25) is 4.79 Å². The van der Waals surface area contributed by atoms with Gasteiger partial charge in [0.2, 0.25) is 0 Å². The summed E-state index contributed by atoms with van der Waals surface area (Å²) in [6, 6.07) is 2.10. The molecule has 1 amide bonds. The molecule has 21 heavy (non-hydrogen) atoms. The van der Waals surface area contributed by atoms with Gasteiger partial charge in [-0.15, -0.1) is 11.3 Å². The van der Waals surface area contributed by atoms with Crippen LogP contribution in [0.5, 0.6) is 0 Å². The standard InChI is InChI=1S/C15H15N3OS2/c1-4-20-15-16-7-12-11(14(19)17-13(12)18-15)6-10-5-8(2)9(3)21-10/h5-7H,4H2,1-3H3,(H,16,17,18,19). The summed E-state index contributed by atoms with van der Waals surface area (Å²) in [5, 5.41) is 3.52. The van der Waals surface area contributed by atoms with Crippen molar-refractivity contribution < 1.29 is 4.79 Å². The van der Waals surface area contributed by atoms with Crippen LogP contribution in [0.25, 0.3) is 11.6 Å². The molecule has 0 radical (unpaired) electrons. The van der Waals surface area contributed by atoms with Crippen LogP contribution < -0.4 is 5.32 Å². The van der Waals surface area contributed by atoms with Crippen molar-refractivity contribution in [3.8, 4) is 0 Å². The number of carbonyl (C=O) groups excluding carboxylic acids is 1. The SMILES string of the molecule is CCSc1ncc2c(n1)NC(=O)C2=Cc1cc(C)c(C)s1. The van der Waals surface area contributed by atoms with E-state index < -0.39 is 0 Å². The first kappa shape index (κ1) is 14.3. The number of nitrogens with zero attached hydrogens (tertiary/aromatic N) is 2. The van der Waals surface area contributed by atoms with E-state index in [1.54, 1.807) is 29.3 Å². The summed E-state index contributed by atoms with van der Waals surface area (Å²) in [7, 11) is 0. The zero-order chi connectivity index (χ0) is 15.0. The molecule has 1 aliphatic heterocycles. The van der Waals surface area contributed by atoms with Gasteiger partial charge >= 0.3 is 0 Å². The third kappa shape index (κ3) is 2.73. The van der Waals surface area contributed by atoms with Crippen molar-refractivity contribution in [1.29, 1.82) is 0 Å². The zero-order valence-electron chi connectivity index (χ0n) is 12.1. The molecule has 0 unspecified atom stereocenters. The van der Waals surface area contributed by atoms with Crippen LogP contribution >= 0.6 is 23.1 Å². The number of nitrogens with one attached hydrogen (secondary N) is 1. The maximum absolute atomic E-state index is 12.1. The Labute approximate surface area is 131 Å². The van der Waals surface area contributed by atoms with Crippen LogP contribution in [0.15, 0.2) is 17.4 Å². The van der Waals surface area contributed by atoms with Gasteiger partial charge in [-0.25, -0.2) is 9.97 Å². The Hall–Kier alpha value is -1.66. The van der Waals surface area contributed by atoms with Gasteiger partial charge in [0.05, 0.1) is 5.57 Å². The lowest BCUT2D eigenvalue weighted by atomic mass is 10.1. The molecule has 1 aliphatic rings. The molecular weight excluding hydrogens is 302 g/mol. The van der Waals surface area contributed by atoms with Gasteiger partial charge in [0.25, 0.3) is 5.91 Å². The highest BCUT2D eigenvalue weighted by Gasteiger charge is 2.26. The van der Waals surface area contributed by atoms with E-state index >= 15 is 0 Å². The van der Waals surface area contributed by atoms with Crippen molar-refractivity contribution in [2.75, 3.05) is 11.1 Å². The van der Waals surface area contributed by atoms with E-state index in [-0.39, 0.29) is 5.91 Å². The third-order valence-corrected chi connectivity index (χ3v) is 5.12. The van der Waals surface area contributed by atoms with E-state index in [0.717, 1.165) is 16.2 Å². The predicted molar refractivity (Wildman–Crippen MR) is 88.7 cm³/mol. The number of carbonyl (C=O) groups is 1. The smallest absolute Gasteiger partial charge is 0.257 e. The summed E-state index contributed by atoms with van der Waals surface area (Å²) in [5.41, 5.74) is 2.67. The largest absolute Gasteiger partial charge is 0.306 e. The van der Waals surface area contributed by atoms with Crippen molar-refractivity contribution in [3.63, 3.8) is 0 Å². The molecule has 6 heteroatoms. The fraction of sp³-hybridized carbons (Fsp3) is 0.267. The number of hydrogen-bond acceptors (Lipinski definition) is 5. The van der Waals surface area contributed by atoms with E-state index in [1.807, 2.05) is 13.0 Å². The minimum atomic E-state index is -0.110. The highest BCUT2D eigenvalue weighted by atomic mass is 32.2. The second-order valence-corrected chi connectivity index (χ2v) is 7.27. The molecule has 0 aromatic carbocycles. The summed E-state index contributed by atoms with van der Waals surface area (Å²) >= 11 is 3.25. The number of amides is 1. The average Bonchev–Trinajstić information content (AvgIpc) is 2.91. The minimum Gasteiger partial charge on any atom is -0.306 e. The molecule has 3 heterocycles. The van der Waals surface area contributed by atoms with Crippen LogP contribution in [0, 0.1) is 13.8 Å². The first-order valence-electron chi connectivity index (χ1n) is 6.68.